The molecule has 0 aromatic heterocycles. The fraction of sp³-hybridized carbons (Fsp3) is 0.533. The summed E-state index contributed by atoms with van der Waals surface area (Å²) < 4.78 is 5.45. The Morgan fingerprint density at radius 2 is 2.05 bits per heavy atom. The second-order valence-corrected chi connectivity index (χ2v) is 5.59. The third kappa shape index (κ3) is 5.39. The van der Waals surface area contributed by atoms with Gasteiger partial charge in [-0.2, -0.15) is 0 Å². The van der Waals surface area contributed by atoms with Gasteiger partial charge in [0, 0.05) is 12.6 Å². The summed E-state index contributed by atoms with van der Waals surface area (Å²) in [4.78, 5) is 11.7. The van der Waals surface area contributed by atoms with Gasteiger partial charge in [-0.25, -0.2) is 0 Å². The maximum absolute atomic E-state index is 11.7. The van der Waals surface area contributed by atoms with E-state index in [1.165, 1.54) is 0 Å². The lowest BCUT2D eigenvalue weighted by molar-refractivity contribution is -0.123. The van der Waals surface area contributed by atoms with Gasteiger partial charge in [-0.05, 0) is 37.6 Å². The first kappa shape index (κ1) is 16.8. The second kappa shape index (κ2) is 8.12. The molecule has 20 heavy (non-hydrogen) atoms. The predicted octanol–water partition coefficient (Wildman–Crippen LogP) is 2.60. The van der Waals surface area contributed by atoms with Crippen LogP contribution in [0, 0.1) is 5.92 Å². The smallest absolute Gasteiger partial charge is 0.258 e. The highest BCUT2D eigenvalue weighted by molar-refractivity contribution is 6.32. The van der Waals surface area contributed by atoms with Crippen LogP contribution in [-0.2, 0) is 11.3 Å². The quantitative estimate of drug-likeness (QED) is 0.813. The number of amides is 1. The van der Waals surface area contributed by atoms with E-state index in [0.717, 1.165) is 12.1 Å². The van der Waals surface area contributed by atoms with Gasteiger partial charge in [0.2, 0.25) is 0 Å². The van der Waals surface area contributed by atoms with Gasteiger partial charge in [0.1, 0.15) is 5.75 Å². The van der Waals surface area contributed by atoms with E-state index < -0.39 is 0 Å². The first-order valence-electron chi connectivity index (χ1n) is 6.79. The van der Waals surface area contributed by atoms with Gasteiger partial charge >= 0.3 is 0 Å². The number of rotatable bonds is 7. The van der Waals surface area contributed by atoms with Crippen molar-refractivity contribution < 1.29 is 9.53 Å². The van der Waals surface area contributed by atoms with Gasteiger partial charge in [-0.15, -0.1) is 0 Å². The van der Waals surface area contributed by atoms with Gasteiger partial charge in [-0.1, -0.05) is 31.5 Å². The number of ether oxygens (including phenoxy) is 1. The molecule has 1 aromatic rings. The summed E-state index contributed by atoms with van der Waals surface area (Å²) >= 11 is 6.12. The van der Waals surface area contributed by atoms with Crippen LogP contribution in [0.3, 0.4) is 0 Å². The van der Waals surface area contributed by atoms with Crippen molar-refractivity contribution in [1.29, 1.82) is 0 Å². The highest BCUT2D eigenvalue weighted by atomic mass is 35.5. The molecule has 0 saturated carbocycles. The number of hydrogen-bond acceptors (Lipinski definition) is 3. The summed E-state index contributed by atoms with van der Waals surface area (Å²) in [5.41, 5.74) is 1.07. The Labute approximate surface area is 125 Å². The molecule has 0 aliphatic heterocycles. The fourth-order valence-corrected chi connectivity index (χ4v) is 1.84. The van der Waals surface area contributed by atoms with E-state index in [1.54, 1.807) is 6.07 Å². The fourth-order valence-electron chi connectivity index (χ4n) is 1.58. The van der Waals surface area contributed by atoms with Gasteiger partial charge in [-0.3, -0.25) is 4.79 Å². The standard InChI is InChI=1S/C15H23ClN2O2/c1-10(2)11(3)18-15(19)9-20-14-6-5-12(8-17-4)7-13(14)16/h5-7,10-11,17H,8-9H2,1-4H3,(H,18,19). The summed E-state index contributed by atoms with van der Waals surface area (Å²) in [6, 6.07) is 5.67. The molecule has 1 rings (SSSR count). The normalized spacial score (nSPS) is 12.3. The monoisotopic (exact) mass is 298 g/mol. The molecule has 0 aliphatic rings. The molecule has 2 N–H and O–H groups in total. The average Bonchev–Trinajstić information content (AvgIpc) is 2.38. The minimum absolute atomic E-state index is 0.0256. The zero-order chi connectivity index (χ0) is 15.1. The van der Waals surface area contributed by atoms with Crippen molar-refractivity contribution in [2.45, 2.75) is 33.4 Å². The van der Waals surface area contributed by atoms with E-state index in [0.29, 0.717) is 16.7 Å². The second-order valence-electron chi connectivity index (χ2n) is 5.18. The van der Waals surface area contributed by atoms with Gasteiger partial charge < -0.3 is 15.4 Å². The molecule has 0 spiro atoms. The van der Waals surface area contributed by atoms with Crippen molar-refractivity contribution in [3.05, 3.63) is 28.8 Å². The molecule has 0 bridgehead atoms. The summed E-state index contributed by atoms with van der Waals surface area (Å²) in [7, 11) is 1.87. The maximum atomic E-state index is 11.7. The van der Waals surface area contributed by atoms with Crippen molar-refractivity contribution in [2.24, 2.45) is 5.92 Å². The lowest BCUT2D eigenvalue weighted by atomic mass is 10.1. The molecule has 0 aliphatic carbocycles. The molecular weight excluding hydrogens is 276 g/mol. The molecule has 0 radical (unpaired) electrons. The number of benzene rings is 1. The molecule has 112 valence electrons. The van der Waals surface area contributed by atoms with Gasteiger partial charge in [0.25, 0.3) is 5.91 Å². The van der Waals surface area contributed by atoms with Crippen LogP contribution in [-0.4, -0.2) is 25.6 Å². The number of hydrogen-bond donors (Lipinski definition) is 2. The van der Waals surface area contributed by atoms with Crippen molar-refractivity contribution >= 4 is 17.5 Å². The molecule has 0 fully saturated rings. The molecular formula is C15H23ClN2O2. The summed E-state index contributed by atoms with van der Waals surface area (Å²) in [6.07, 6.45) is 0. The summed E-state index contributed by atoms with van der Waals surface area (Å²) in [5.74, 6) is 0.781. The molecule has 1 atom stereocenters. The van der Waals surface area contributed by atoms with E-state index in [2.05, 4.69) is 24.5 Å². The Bertz CT molecular complexity index is 449. The van der Waals surface area contributed by atoms with Crippen molar-refractivity contribution in [1.82, 2.24) is 10.6 Å². The SMILES string of the molecule is CNCc1ccc(OCC(=O)NC(C)C(C)C)c(Cl)c1. The molecule has 0 saturated heterocycles. The highest BCUT2D eigenvalue weighted by Gasteiger charge is 2.12. The first-order chi connectivity index (χ1) is 9.43. The number of carbonyl (C=O) groups is 1. The molecule has 1 aromatic carbocycles. The Kier molecular flexibility index (Phi) is 6.82. The molecule has 1 amide bonds. The Morgan fingerprint density at radius 1 is 1.35 bits per heavy atom. The van der Waals surface area contributed by atoms with Crippen LogP contribution < -0.4 is 15.4 Å². The lowest BCUT2D eigenvalue weighted by Crippen LogP contribution is -2.38. The largest absolute Gasteiger partial charge is 0.482 e. The lowest BCUT2D eigenvalue weighted by Gasteiger charge is -2.17. The molecule has 1 unspecified atom stereocenters. The zero-order valence-corrected chi connectivity index (χ0v) is 13.3. The van der Waals surface area contributed by atoms with Crippen molar-refractivity contribution in [3.63, 3.8) is 0 Å². The van der Waals surface area contributed by atoms with Crippen molar-refractivity contribution in [2.75, 3.05) is 13.7 Å². The zero-order valence-electron chi connectivity index (χ0n) is 12.5. The van der Waals surface area contributed by atoms with E-state index in [-0.39, 0.29) is 18.6 Å². The third-order valence-electron chi connectivity index (χ3n) is 3.12. The number of carbonyl (C=O) groups excluding carboxylic acids is 1. The summed E-state index contributed by atoms with van der Waals surface area (Å²) in [6.45, 7) is 6.81. The first-order valence-corrected chi connectivity index (χ1v) is 7.17. The van der Waals surface area contributed by atoms with Crippen LogP contribution in [0.5, 0.6) is 5.75 Å². The van der Waals surface area contributed by atoms with Crippen LogP contribution in [0.2, 0.25) is 5.02 Å². The molecule has 0 heterocycles. The van der Waals surface area contributed by atoms with E-state index in [9.17, 15) is 4.79 Å². The van der Waals surface area contributed by atoms with Gasteiger partial charge in [0.15, 0.2) is 6.61 Å². The van der Waals surface area contributed by atoms with Crippen LogP contribution in [0.15, 0.2) is 18.2 Å². The van der Waals surface area contributed by atoms with Crippen LogP contribution >= 0.6 is 11.6 Å². The van der Waals surface area contributed by atoms with Crippen molar-refractivity contribution in [3.8, 4) is 5.75 Å². The van der Waals surface area contributed by atoms with E-state index >= 15 is 0 Å². The number of nitrogens with one attached hydrogen (secondary N) is 2. The molecule has 4 nitrogen and oxygen atoms in total. The van der Waals surface area contributed by atoms with Gasteiger partial charge in [0.05, 0.1) is 5.02 Å². The highest BCUT2D eigenvalue weighted by Crippen LogP contribution is 2.25. The molecule has 5 heteroatoms. The van der Waals surface area contributed by atoms with Crippen LogP contribution in [0.25, 0.3) is 0 Å². The Balaban J connectivity index is 2.51. The number of halogens is 1. The van der Waals surface area contributed by atoms with Crippen LogP contribution in [0.1, 0.15) is 26.3 Å². The summed E-state index contributed by atoms with van der Waals surface area (Å²) in [5, 5.41) is 6.45. The average molecular weight is 299 g/mol. The predicted molar refractivity (Wildman–Crippen MR) is 82.2 cm³/mol. The Morgan fingerprint density at radius 3 is 2.60 bits per heavy atom. The maximum Gasteiger partial charge on any atom is 0.258 e. The minimum atomic E-state index is -0.137. The topological polar surface area (TPSA) is 50.4 Å². The van der Waals surface area contributed by atoms with Crippen LogP contribution in [0.4, 0.5) is 0 Å². The van der Waals surface area contributed by atoms with E-state index in [4.69, 9.17) is 16.3 Å². The Hall–Kier alpha value is -1.26. The van der Waals surface area contributed by atoms with E-state index in [1.807, 2.05) is 26.1 Å². The third-order valence-corrected chi connectivity index (χ3v) is 3.42. The minimum Gasteiger partial charge on any atom is -0.482 e.